The zero-order valence-corrected chi connectivity index (χ0v) is 23.5. The van der Waals surface area contributed by atoms with Crippen molar-refractivity contribution in [2.24, 2.45) is 0 Å². The van der Waals surface area contributed by atoms with Gasteiger partial charge in [-0.2, -0.15) is 0 Å². The number of aromatic nitrogens is 2. The number of allylic oxidation sites excluding steroid dienone is 2. The second-order valence-corrected chi connectivity index (χ2v) is 13.7. The molecule has 1 aromatic heterocycles. The van der Waals surface area contributed by atoms with E-state index in [9.17, 15) is 25.9 Å². The fourth-order valence-corrected chi connectivity index (χ4v) is 6.92. The van der Waals surface area contributed by atoms with Crippen LogP contribution < -0.4 is 19.1 Å². The Labute approximate surface area is 224 Å². The molecule has 0 amide bonds. The van der Waals surface area contributed by atoms with Crippen LogP contribution >= 0.6 is 23.1 Å². The van der Waals surface area contributed by atoms with Crippen molar-refractivity contribution in [3.05, 3.63) is 38.8 Å². The maximum absolute atomic E-state index is 11.2. The van der Waals surface area contributed by atoms with Crippen LogP contribution in [0.15, 0.2) is 33.7 Å². The number of rotatable bonds is 11. The summed E-state index contributed by atoms with van der Waals surface area (Å²) in [6.07, 6.45) is 4.99. The van der Waals surface area contributed by atoms with Gasteiger partial charge in [-0.3, -0.25) is 0 Å². The van der Waals surface area contributed by atoms with Gasteiger partial charge in [0.25, 0.3) is 5.01 Å². The van der Waals surface area contributed by atoms with Crippen LogP contribution in [0, 0.1) is 6.92 Å². The topological polar surface area (TPSA) is 153 Å². The van der Waals surface area contributed by atoms with Crippen LogP contribution in [-0.4, -0.2) is 55.9 Å². The summed E-state index contributed by atoms with van der Waals surface area (Å²) < 4.78 is 79.2. The summed E-state index contributed by atoms with van der Waals surface area (Å²) in [5.41, 5.74) is 1.81. The number of aryl methyl sites for hydroxylation is 2. The first-order valence-corrected chi connectivity index (χ1v) is 16.3. The highest BCUT2D eigenvalue weighted by atomic mass is 32.2. The summed E-state index contributed by atoms with van der Waals surface area (Å²) >= 11 is 2.97. The van der Waals surface area contributed by atoms with Crippen molar-refractivity contribution in [2.75, 3.05) is 29.7 Å². The molecule has 0 saturated heterocycles. The van der Waals surface area contributed by atoms with Crippen molar-refractivity contribution in [2.45, 2.75) is 44.6 Å². The molecule has 4 rings (SSSR count). The van der Waals surface area contributed by atoms with Crippen molar-refractivity contribution in [1.29, 1.82) is 0 Å². The normalized spacial score (nSPS) is 16.6. The number of benzene rings is 1. The summed E-state index contributed by atoms with van der Waals surface area (Å²) in [5.74, 6) is 0.332. The van der Waals surface area contributed by atoms with Gasteiger partial charge in [0.05, 0.1) is 31.0 Å². The van der Waals surface area contributed by atoms with Gasteiger partial charge in [0.2, 0.25) is 6.79 Å². The molecule has 0 atom stereocenters. The van der Waals surface area contributed by atoms with Crippen LogP contribution in [0.2, 0.25) is 0 Å². The van der Waals surface area contributed by atoms with E-state index in [1.54, 1.807) is 4.68 Å². The number of ether oxygens (including phenoxy) is 2. The van der Waals surface area contributed by atoms with Gasteiger partial charge in [-0.15, -0.1) is 0 Å². The number of fused-ring (bicyclic) bond motifs is 2. The number of hydrogen-bond donors (Lipinski definition) is 0. The Balaban J connectivity index is 1.62. The zero-order chi connectivity index (χ0) is 26.8. The molecule has 202 valence electrons. The van der Waals surface area contributed by atoms with Crippen molar-refractivity contribution >= 4 is 55.1 Å². The second-order valence-electron chi connectivity index (χ2n) is 8.40. The van der Waals surface area contributed by atoms with Crippen LogP contribution in [0.4, 0.5) is 5.69 Å². The minimum Gasteiger partial charge on any atom is -0.748 e. The molecule has 0 N–H and O–H groups in total. The highest BCUT2D eigenvalue weighted by Crippen LogP contribution is 2.51. The van der Waals surface area contributed by atoms with Crippen LogP contribution in [0.5, 0.6) is 11.5 Å². The van der Waals surface area contributed by atoms with E-state index in [1.165, 1.54) is 23.1 Å². The molecule has 0 bridgehead atoms. The highest BCUT2D eigenvalue weighted by Gasteiger charge is 2.29. The van der Waals surface area contributed by atoms with E-state index in [0.29, 0.717) is 31.0 Å². The first kappa shape index (κ1) is 27.9. The lowest BCUT2D eigenvalue weighted by Gasteiger charge is -2.21. The standard InChI is InChI=1S/C22H27N3O8S4/c1-3-16(11-22-25(23-15(2)34-22)7-5-9-37(29,30)31)10-21-24(6-4-8-36(26,27)28)17-12-18-19(33-14-32-18)13-20(17)35-21/h10-13H,3-9,14H2,1-2H3,(H-,26,27,28,29,30,31)/p-1. The summed E-state index contributed by atoms with van der Waals surface area (Å²) in [6, 6.07) is 3.75. The van der Waals surface area contributed by atoms with Gasteiger partial charge in [0, 0.05) is 52.7 Å². The third-order valence-electron chi connectivity index (χ3n) is 5.56. The summed E-state index contributed by atoms with van der Waals surface area (Å²) in [6.45, 7) is 4.62. The molecule has 2 aliphatic heterocycles. The van der Waals surface area contributed by atoms with Crippen LogP contribution in [0.3, 0.4) is 0 Å². The zero-order valence-electron chi connectivity index (χ0n) is 20.2. The lowest BCUT2D eigenvalue weighted by atomic mass is 10.2. The average molecular weight is 589 g/mol. The molecule has 0 fully saturated rings. The minimum atomic E-state index is -4.33. The SMILES string of the molecule is CCC(/C=C1\Sc2cc3c(cc2N1CCCS(=O)(=O)[O-])OCO3)=C\c1sc(C)n[n+]1CCCS(=O)(=O)[O-]. The molecule has 11 nitrogen and oxygen atoms in total. The lowest BCUT2D eigenvalue weighted by Crippen LogP contribution is -2.39. The molecule has 3 heterocycles. The predicted octanol–water partition coefficient (Wildman–Crippen LogP) is 2.59. The number of thioether (sulfide) groups is 1. The molecule has 0 unspecified atom stereocenters. The van der Waals surface area contributed by atoms with Gasteiger partial charge >= 0.3 is 0 Å². The molecule has 0 spiro atoms. The molecular weight excluding hydrogens is 563 g/mol. The maximum Gasteiger partial charge on any atom is 0.289 e. The van der Waals surface area contributed by atoms with Gasteiger partial charge in [0.15, 0.2) is 23.1 Å². The molecular formula is C22H26N3O8S4-. The average Bonchev–Trinajstić information content (AvgIpc) is 3.47. The Hall–Kier alpha value is -2.17. The van der Waals surface area contributed by atoms with E-state index < -0.39 is 31.7 Å². The molecule has 2 aliphatic rings. The number of anilines is 1. The van der Waals surface area contributed by atoms with Crippen molar-refractivity contribution < 1.29 is 40.1 Å². The van der Waals surface area contributed by atoms with Gasteiger partial charge in [-0.25, -0.2) is 16.8 Å². The van der Waals surface area contributed by atoms with E-state index >= 15 is 0 Å². The molecule has 15 heteroatoms. The van der Waals surface area contributed by atoms with E-state index in [-0.39, 0.29) is 19.6 Å². The van der Waals surface area contributed by atoms with E-state index in [1.807, 2.05) is 43.0 Å². The Morgan fingerprint density at radius 2 is 1.81 bits per heavy atom. The van der Waals surface area contributed by atoms with E-state index in [2.05, 4.69) is 5.10 Å². The largest absolute Gasteiger partial charge is 0.748 e. The van der Waals surface area contributed by atoms with E-state index in [0.717, 1.165) is 31.2 Å². The summed E-state index contributed by atoms with van der Waals surface area (Å²) in [4.78, 5) is 2.90. The molecule has 0 aliphatic carbocycles. The van der Waals surface area contributed by atoms with Crippen molar-refractivity contribution in [3.63, 3.8) is 0 Å². The second kappa shape index (κ2) is 11.3. The minimum absolute atomic E-state index is 0.137. The quantitative estimate of drug-likeness (QED) is 0.281. The van der Waals surface area contributed by atoms with Gasteiger partial charge < -0.3 is 23.5 Å². The molecule has 1 aromatic carbocycles. The van der Waals surface area contributed by atoms with Crippen LogP contribution in [0.1, 0.15) is 36.2 Å². The van der Waals surface area contributed by atoms with Gasteiger partial charge in [-0.1, -0.05) is 23.4 Å². The van der Waals surface area contributed by atoms with Crippen molar-refractivity contribution in [1.82, 2.24) is 5.10 Å². The summed E-state index contributed by atoms with van der Waals surface area (Å²) in [7, 11) is -8.63. The fourth-order valence-electron chi connectivity index (χ4n) is 3.89. The predicted molar refractivity (Wildman–Crippen MR) is 138 cm³/mol. The molecule has 0 radical (unpaired) electrons. The Bertz CT molecular complexity index is 1450. The number of hydrogen-bond acceptors (Lipinski definition) is 12. The Morgan fingerprint density at radius 1 is 1.14 bits per heavy atom. The maximum atomic E-state index is 11.2. The number of nitrogens with zero attached hydrogens (tertiary/aromatic N) is 3. The van der Waals surface area contributed by atoms with Gasteiger partial charge in [-0.05, 0) is 42.8 Å². The molecule has 0 saturated carbocycles. The Kier molecular flexibility index (Phi) is 8.50. The van der Waals surface area contributed by atoms with Gasteiger partial charge in [0.1, 0.15) is 0 Å². The Morgan fingerprint density at radius 3 is 2.49 bits per heavy atom. The first-order valence-electron chi connectivity index (χ1n) is 11.5. The fraction of sp³-hybridized carbons (Fsp3) is 0.455. The monoisotopic (exact) mass is 588 g/mol. The van der Waals surface area contributed by atoms with Crippen LogP contribution in [-0.2, 0) is 26.8 Å². The lowest BCUT2D eigenvalue weighted by molar-refractivity contribution is -0.750. The smallest absolute Gasteiger partial charge is 0.289 e. The first-order chi connectivity index (χ1) is 17.4. The third-order valence-corrected chi connectivity index (χ3v) is 9.15. The van der Waals surface area contributed by atoms with E-state index in [4.69, 9.17) is 9.47 Å². The molecule has 37 heavy (non-hydrogen) atoms. The summed E-state index contributed by atoms with van der Waals surface area (Å²) in [5, 5.41) is 6.92. The molecule has 2 aromatic rings. The van der Waals surface area contributed by atoms with Crippen molar-refractivity contribution in [3.8, 4) is 11.5 Å². The highest BCUT2D eigenvalue weighted by molar-refractivity contribution is 8.03. The van der Waals surface area contributed by atoms with Crippen LogP contribution in [0.25, 0.3) is 6.08 Å². The third kappa shape index (κ3) is 7.45.